The molecule has 16 heteroatoms. The maximum atomic E-state index is 13.3. The van der Waals surface area contributed by atoms with Crippen molar-refractivity contribution in [3.63, 3.8) is 0 Å². The summed E-state index contributed by atoms with van der Waals surface area (Å²) < 4.78 is 6.34. The van der Waals surface area contributed by atoms with Gasteiger partial charge < -0.3 is 35.2 Å². The number of imide groups is 2. The predicted octanol–water partition coefficient (Wildman–Crippen LogP) is 3.45. The summed E-state index contributed by atoms with van der Waals surface area (Å²) in [6.07, 6.45) is 3.34. The Hall–Kier alpha value is -6.71. The number of carbonyl (C=O) groups is 5. The third kappa shape index (κ3) is 7.64. The molecule has 4 saturated heterocycles. The van der Waals surface area contributed by atoms with Gasteiger partial charge in [-0.2, -0.15) is 0 Å². The molecule has 0 saturated carbocycles. The number of amides is 5. The van der Waals surface area contributed by atoms with Gasteiger partial charge in [-0.15, -0.1) is 10.2 Å². The van der Waals surface area contributed by atoms with Gasteiger partial charge in [-0.1, -0.05) is 18.2 Å². The molecule has 0 radical (unpaired) electrons. The molecule has 4 aromatic rings. The molecule has 1 atom stereocenters. The van der Waals surface area contributed by atoms with E-state index < -0.39 is 29.7 Å². The average molecular weight is 814 g/mol. The molecule has 0 bridgehead atoms. The minimum absolute atomic E-state index is 0.0281. The number of ether oxygens (including phenoxy) is 1. The Bertz CT molecular complexity index is 2350. The summed E-state index contributed by atoms with van der Waals surface area (Å²) in [5.41, 5.74) is 10.5. The number of rotatable bonds is 10. The van der Waals surface area contributed by atoms with Gasteiger partial charge in [-0.25, -0.2) is 0 Å². The number of nitrogens with one attached hydrogen (secondary N) is 1. The molecule has 1 aromatic heterocycles. The molecule has 5 aliphatic heterocycles. The van der Waals surface area contributed by atoms with Gasteiger partial charge in [0.25, 0.3) is 11.8 Å². The lowest BCUT2D eigenvalue weighted by Crippen LogP contribution is -2.54. The summed E-state index contributed by atoms with van der Waals surface area (Å²) in [7, 11) is 0. The Morgan fingerprint density at radius 3 is 2.27 bits per heavy atom. The molecule has 60 heavy (non-hydrogen) atoms. The zero-order chi connectivity index (χ0) is 41.5. The minimum atomic E-state index is -0.989. The maximum Gasteiger partial charge on any atom is 0.262 e. The van der Waals surface area contributed by atoms with E-state index in [0.29, 0.717) is 55.6 Å². The van der Waals surface area contributed by atoms with Gasteiger partial charge >= 0.3 is 0 Å². The largest absolute Gasteiger partial charge is 0.507 e. The number of nitrogens with two attached hydrogens (primary N) is 1. The van der Waals surface area contributed by atoms with Gasteiger partial charge in [-0.3, -0.25) is 34.2 Å². The Balaban J connectivity index is 0.710. The van der Waals surface area contributed by atoms with Crippen LogP contribution in [0, 0.1) is 5.92 Å². The van der Waals surface area contributed by atoms with Gasteiger partial charge in [0.05, 0.1) is 35.6 Å². The van der Waals surface area contributed by atoms with Crippen molar-refractivity contribution in [3.05, 3.63) is 83.9 Å². The first kappa shape index (κ1) is 38.8. The molecule has 0 spiro atoms. The van der Waals surface area contributed by atoms with E-state index in [-0.39, 0.29) is 41.7 Å². The highest BCUT2D eigenvalue weighted by atomic mass is 16.5. The van der Waals surface area contributed by atoms with Crippen LogP contribution in [0.3, 0.4) is 0 Å². The quantitative estimate of drug-likeness (QED) is 0.197. The first-order valence-corrected chi connectivity index (χ1v) is 20.7. The van der Waals surface area contributed by atoms with Crippen LogP contribution in [0.15, 0.2) is 72.8 Å². The molecule has 3 aromatic carbocycles. The Morgan fingerprint density at radius 2 is 1.50 bits per heavy atom. The van der Waals surface area contributed by atoms with Crippen LogP contribution in [0.1, 0.15) is 59.2 Å². The summed E-state index contributed by atoms with van der Waals surface area (Å²) >= 11 is 0. The van der Waals surface area contributed by atoms with E-state index in [1.54, 1.807) is 30.3 Å². The molecular formula is C44H47N9O7. The zero-order valence-corrected chi connectivity index (χ0v) is 33.2. The molecule has 0 aliphatic carbocycles. The number of piperazine rings is 1. The number of phenolic OH excluding ortho intramolecular Hbond substituents is 1. The van der Waals surface area contributed by atoms with Crippen molar-refractivity contribution in [2.24, 2.45) is 5.92 Å². The Labute approximate surface area is 346 Å². The van der Waals surface area contributed by atoms with Crippen LogP contribution < -0.4 is 30.5 Å². The second-order valence-electron chi connectivity index (χ2n) is 16.2. The van der Waals surface area contributed by atoms with Crippen molar-refractivity contribution in [1.82, 2.24) is 25.3 Å². The molecular weight excluding hydrogens is 767 g/mol. The molecule has 16 nitrogen and oxygen atoms in total. The van der Waals surface area contributed by atoms with Crippen molar-refractivity contribution >= 4 is 52.4 Å². The molecule has 6 heterocycles. The summed E-state index contributed by atoms with van der Waals surface area (Å²) in [5.74, 6) is -0.196. The highest BCUT2D eigenvalue weighted by Gasteiger charge is 2.45. The van der Waals surface area contributed by atoms with E-state index in [9.17, 15) is 29.1 Å². The van der Waals surface area contributed by atoms with Crippen molar-refractivity contribution < 1.29 is 33.8 Å². The average Bonchev–Trinajstić information content (AvgIpc) is 3.49. The van der Waals surface area contributed by atoms with E-state index in [0.717, 1.165) is 73.2 Å². The third-order valence-electron chi connectivity index (χ3n) is 12.5. The van der Waals surface area contributed by atoms with Crippen molar-refractivity contribution in [1.29, 1.82) is 0 Å². The van der Waals surface area contributed by atoms with Crippen LogP contribution in [-0.2, 0) is 14.4 Å². The molecule has 5 aliphatic rings. The number of aromatic hydroxyl groups is 1. The number of anilines is 4. The number of hydrogen-bond acceptors (Lipinski definition) is 13. The van der Waals surface area contributed by atoms with Crippen molar-refractivity contribution in [2.45, 2.75) is 50.7 Å². The Morgan fingerprint density at radius 1 is 0.767 bits per heavy atom. The van der Waals surface area contributed by atoms with Crippen molar-refractivity contribution in [2.75, 3.05) is 72.8 Å². The minimum Gasteiger partial charge on any atom is -0.507 e. The predicted molar refractivity (Wildman–Crippen MR) is 223 cm³/mol. The van der Waals surface area contributed by atoms with Gasteiger partial charge in [0, 0.05) is 75.1 Å². The highest BCUT2D eigenvalue weighted by Crippen LogP contribution is 2.36. The van der Waals surface area contributed by atoms with Gasteiger partial charge in [-0.05, 0) is 80.1 Å². The summed E-state index contributed by atoms with van der Waals surface area (Å²) in [6, 6.07) is 21.2. The molecule has 4 N–H and O–H groups in total. The number of nitrogen functional groups attached to an aromatic ring is 1. The molecule has 9 rings (SSSR count). The first-order chi connectivity index (χ1) is 29.1. The second-order valence-corrected chi connectivity index (χ2v) is 16.2. The molecule has 0 unspecified atom stereocenters. The molecule has 5 amide bonds. The van der Waals surface area contributed by atoms with E-state index in [2.05, 4.69) is 42.3 Å². The van der Waals surface area contributed by atoms with Crippen LogP contribution >= 0.6 is 0 Å². The monoisotopic (exact) mass is 813 g/mol. The Kier molecular flexibility index (Phi) is 10.4. The topological polar surface area (TPSA) is 195 Å². The summed E-state index contributed by atoms with van der Waals surface area (Å²) in [6.45, 7) is 5.60. The maximum absolute atomic E-state index is 13.3. The number of para-hydroxylation sites is 1. The van der Waals surface area contributed by atoms with Gasteiger partial charge in [0.15, 0.2) is 5.82 Å². The van der Waals surface area contributed by atoms with Crippen LogP contribution in [0.4, 0.5) is 22.9 Å². The second kappa shape index (κ2) is 16.2. The normalized spacial score (nSPS) is 20.0. The fourth-order valence-corrected chi connectivity index (χ4v) is 8.96. The number of benzene rings is 3. The summed E-state index contributed by atoms with van der Waals surface area (Å²) in [5, 5.41) is 20.8. The first-order valence-electron chi connectivity index (χ1n) is 20.7. The van der Waals surface area contributed by atoms with Crippen LogP contribution in [0.25, 0.3) is 11.3 Å². The molecule has 310 valence electrons. The van der Waals surface area contributed by atoms with Crippen LogP contribution in [0.5, 0.6) is 11.5 Å². The number of hydrogen-bond donors (Lipinski definition) is 3. The lowest BCUT2D eigenvalue weighted by Gasteiger charge is -2.41. The smallest absolute Gasteiger partial charge is 0.262 e. The standard InChI is InChI=1S/C44H47N9O7/c45-41-37(24-35(47-48-41)33-6-1-2-7-38(33)54)52-25-31(26-52)60-30-5-3-4-28(22-30)50-18-20-51(21-19-50)40(56)13-8-27-14-16-49(17-15-27)29-9-10-32-34(23-29)44(59)53(43(32)58)36-11-12-39(55)46-42(36)57/h1-7,9-10,22-24,27,31,36,54H,8,11-21,25-26H2,(H2,45,48)(H,46,55,57)/t36-/m1/s1. The number of aromatic nitrogens is 2. The van der Waals surface area contributed by atoms with E-state index in [1.807, 2.05) is 35.2 Å². The van der Waals surface area contributed by atoms with E-state index in [1.165, 1.54) is 0 Å². The van der Waals surface area contributed by atoms with Gasteiger partial charge in [0.2, 0.25) is 17.7 Å². The third-order valence-corrected chi connectivity index (χ3v) is 12.5. The van der Waals surface area contributed by atoms with Crippen molar-refractivity contribution in [3.8, 4) is 22.8 Å². The van der Waals surface area contributed by atoms with Crippen LogP contribution in [0.2, 0.25) is 0 Å². The lowest BCUT2D eigenvalue weighted by atomic mass is 9.91. The number of piperidine rings is 2. The zero-order valence-electron chi connectivity index (χ0n) is 33.2. The fraction of sp³-hybridized carbons (Fsp3) is 0.386. The summed E-state index contributed by atoms with van der Waals surface area (Å²) in [4.78, 5) is 73.4. The lowest BCUT2D eigenvalue weighted by molar-refractivity contribution is -0.136. The number of nitrogens with zero attached hydrogens (tertiary/aromatic N) is 7. The number of carbonyl (C=O) groups excluding carboxylic acids is 5. The highest BCUT2D eigenvalue weighted by molar-refractivity contribution is 6.23. The number of fused-ring (bicyclic) bond motifs is 1. The fourth-order valence-electron chi connectivity index (χ4n) is 8.96. The SMILES string of the molecule is Nc1nnc(-c2ccccc2O)cc1N1CC(Oc2cccc(N3CCN(C(=O)CCC4CCN(c5ccc6c(c5)C(=O)N([C@@H]5CCC(=O)NC5=O)C6=O)CC4)CC3)c2)C1. The van der Waals surface area contributed by atoms with Gasteiger partial charge in [0.1, 0.15) is 23.6 Å². The van der Waals surface area contributed by atoms with E-state index >= 15 is 0 Å². The van der Waals surface area contributed by atoms with Crippen LogP contribution in [-0.4, -0.2) is 119 Å². The van der Waals surface area contributed by atoms with E-state index in [4.69, 9.17) is 10.5 Å². The molecule has 4 fully saturated rings. The number of phenols is 1.